The molecule has 0 aromatic heterocycles. The molecule has 0 aliphatic rings. The highest BCUT2D eigenvalue weighted by molar-refractivity contribution is 6.55. The molecule has 15 heavy (non-hydrogen) atoms. The lowest BCUT2D eigenvalue weighted by Gasteiger charge is -1.99. The van der Waals surface area contributed by atoms with Gasteiger partial charge in [-0.1, -0.05) is 41.1 Å². The zero-order valence-corrected chi connectivity index (χ0v) is 9.34. The molecule has 1 rings (SSSR count). The minimum absolute atomic E-state index is 0.0130. The number of nitro benzene ring substituents is 1. The number of rotatable bonds is 2. The molecular weight excluding hydrogens is 237 g/mol. The zero-order chi connectivity index (χ0) is 11.4. The summed E-state index contributed by atoms with van der Waals surface area (Å²) in [6, 6.07) is 4.77. The largest absolute Gasteiger partial charge is 0.272 e. The molecule has 0 saturated heterocycles. The van der Waals surface area contributed by atoms with Gasteiger partial charge in [-0.3, -0.25) is 10.1 Å². The van der Waals surface area contributed by atoms with Gasteiger partial charge in [0, 0.05) is 11.6 Å². The molecule has 0 amide bonds. The highest BCUT2D eigenvalue weighted by atomic mass is 35.5. The van der Waals surface area contributed by atoms with Crippen LogP contribution < -0.4 is 0 Å². The van der Waals surface area contributed by atoms with Gasteiger partial charge in [0.15, 0.2) is 0 Å². The molecule has 0 atom stereocenters. The predicted molar refractivity (Wildman–Crippen MR) is 61.0 cm³/mol. The van der Waals surface area contributed by atoms with Gasteiger partial charge < -0.3 is 0 Å². The van der Waals surface area contributed by atoms with Gasteiger partial charge in [-0.2, -0.15) is 0 Å². The normalized spacial score (nSPS) is 9.27. The van der Waals surface area contributed by atoms with E-state index in [2.05, 4.69) is 5.73 Å². The number of halogens is 2. The molecule has 0 fully saturated rings. The first-order valence-corrected chi connectivity index (χ1v) is 4.79. The third-order valence-electron chi connectivity index (χ3n) is 1.88. The van der Waals surface area contributed by atoms with Crippen molar-refractivity contribution in [2.24, 2.45) is 0 Å². The fourth-order valence-corrected chi connectivity index (χ4v) is 1.24. The summed E-state index contributed by atoms with van der Waals surface area (Å²) < 4.78 is -0.0130. The molecule has 0 spiro atoms. The average molecular weight is 244 g/mol. The highest BCUT2D eigenvalue weighted by Gasteiger charge is 2.11. The Labute approximate surface area is 96.8 Å². The van der Waals surface area contributed by atoms with Gasteiger partial charge in [-0.15, -0.1) is 0 Å². The van der Waals surface area contributed by atoms with E-state index in [1.165, 1.54) is 12.1 Å². The average Bonchev–Trinajstić information content (AvgIpc) is 2.15. The van der Waals surface area contributed by atoms with Crippen LogP contribution in [0.3, 0.4) is 0 Å². The van der Waals surface area contributed by atoms with Crippen molar-refractivity contribution in [2.75, 3.05) is 0 Å². The van der Waals surface area contributed by atoms with E-state index < -0.39 is 4.92 Å². The fourth-order valence-electron chi connectivity index (χ4n) is 1.13. The quantitative estimate of drug-likeness (QED) is 0.450. The van der Waals surface area contributed by atoms with E-state index in [1.54, 1.807) is 19.1 Å². The summed E-state index contributed by atoms with van der Waals surface area (Å²) >= 11 is 10.8. The maximum Gasteiger partial charge on any atom is 0.272 e. The second-order valence-corrected chi connectivity index (χ2v) is 3.75. The molecule has 0 N–H and O–H groups in total. The van der Waals surface area contributed by atoms with Gasteiger partial charge in [0.1, 0.15) is 4.49 Å². The van der Waals surface area contributed by atoms with E-state index in [9.17, 15) is 10.1 Å². The zero-order valence-electron chi connectivity index (χ0n) is 7.83. The summed E-state index contributed by atoms with van der Waals surface area (Å²) in [5.41, 5.74) is 3.86. The van der Waals surface area contributed by atoms with E-state index in [0.717, 1.165) is 0 Å². The Hall–Kier alpha value is -1.28. The molecule has 0 aliphatic heterocycles. The molecule has 1 aromatic carbocycles. The Morgan fingerprint density at radius 3 is 2.73 bits per heavy atom. The monoisotopic (exact) mass is 243 g/mol. The highest BCUT2D eigenvalue weighted by Crippen LogP contribution is 2.22. The van der Waals surface area contributed by atoms with Gasteiger partial charge in [0.25, 0.3) is 5.69 Å². The number of nitro groups is 1. The van der Waals surface area contributed by atoms with Crippen LogP contribution in [0.2, 0.25) is 0 Å². The second kappa shape index (κ2) is 4.99. The van der Waals surface area contributed by atoms with Crippen molar-refractivity contribution < 1.29 is 4.92 Å². The molecular formula is C10H7Cl2NO2. The lowest BCUT2D eigenvalue weighted by Crippen LogP contribution is -1.92. The van der Waals surface area contributed by atoms with Crippen LogP contribution in [0, 0.1) is 17.0 Å². The first-order chi connectivity index (χ1) is 7.02. The van der Waals surface area contributed by atoms with Crippen LogP contribution in [0.25, 0.3) is 6.08 Å². The molecule has 0 heterocycles. The Balaban J connectivity index is 3.28. The number of hydrogen-bond donors (Lipinski definition) is 0. The van der Waals surface area contributed by atoms with Crippen LogP contribution >= 0.6 is 23.2 Å². The first kappa shape index (κ1) is 11.8. The Kier molecular flexibility index (Phi) is 3.92. The van der Waals surface area contributed by atoms with Crippen LogP contribution in [0.15, 0.2) is 28.4 Å². The van der Waals surface area contributed by atoms with Crippen molar-refractivity contribution in [3.63, 3.8) is 0 Å². The lowest BCUT2D eigenvalue weighted by atomic mass is 10.1. The van der Waals surface area contributed by atoms with Gasteiger partial charge in [-0.25, -0.2) is 0 Å². The summed E-state index contributed by atoms with van der Waals surface area (Å²) in [5, 5.41) is 10.6. The van der Waals surface area contributed by atoms with E-state index in [-0.39, 0.29) is 10.2 Å². The summed E-state index contributed by atoms with van der Waals surface area (Å²) in [5.74, 6) is 0. The number of benzene rings is 1. The number of hydrogen-bond acceptors (Lipinski definition) is 2. The third kappa shape index (κ3) is 3.10. The molecule has 5 heteroatoms. The van der Waals surface area contributed by atoms with Crippen molar-refractivity contribution in [3.05, 3.63) is 49.7 Å². The van der Waals surface area contributed by atoms with Crippen molar-refractivity contribution in [1.29, 1.82) is 0 Å². The molecule has 0 bridgehead atoms. The van der Waals surface area contributed by atoms with Gasteiger partial charge >= 0.3 is 0 Å². The maximum atomic E-state index is 10.6. The number of nitrogens with zero attached hydrogens (tertiary/aromatic N) is 1. The van der Waals surface area contributed by atoms with E-state index >= 15 is 0 Å². The van der Waals surface area contributed by atoms with Crippen molar-refractivity contribution >= 4 is 35.0 Å². The Morgan fingerprint density at radius 2 is 2.20 bits per heavy atom. The molecule has 3 nitrogen and oxygen atoms in total. The van der Waals surface area contributed by atoms with Crippen LogP contribution in [0.4, 0.5) is 5.69 Å². The predicted octanol–water partition coefficient (Wildman–Crippen LogP) is 3.83. The van der Waals surface area contributed by atoms with Crippen molar-refractivity contribution in [3.8, 4) is 0 Å². The van der Waals surface area contributed by atoms with Crippen LogP contribution in [0.5, 0.6) is 0 Å². The molecule has 78 valence electrons. The minimum atomic E-state index is -0.432. The third-order valence-corrected chi connectivity index (χ3v) is 2.10. The molecule has 0 unspecified atom stereocenters. The summed E-state index contributed by atoms with van der Waals surface area (Å²) in [6.45, 7) is 1.66. The van der Waals surface area contributed by atoms with E-state index in [1.807, 2.05) is 0 Å². The topological polar surface area (TPSA) is 43.1 Å². The molecule has 0 radical (unpaired) electrons. The second-order valence-electron chi connectivity index (χ2n) is 2.80. The van der Waals surface area contributed by atoms with Crippen molar-refractivity contribution in [1.82, 2.24) is 0 Å². The molecule has 0 saturated carbocycles. The minimum Gasteiger partial charge on any atom is -0.258 e. The maximum absolute atomic E-state index is 10.6. The molecule has 0 aliphatic carbocycles. The van der Waals surface area contributed by atoms with Crippen molar-refractivity contribution in [2.45, 2.75) is 6.92 Å². The summed E-state index contributed by atoms with van der Waals surface area (Å²) in [4.78, 5) is 10.2. The summed E-state index contributed by atoms with van der Waals surface area (Å²) in [7, 11) is 0. The van der Waals surface area contributed by atoms with E-state index in [0.29, 0.717) is 11.1 Å². The standard InChI is InChI=1S/C10H7Cl2NO2/c1-7-8(5-6-10(11)12)3-2-4-9(7)13(14)15/h2-5H,1H3. The molecule has 1 aromatic rings. The van der Waals surface area contributed by atoms with Gasteiger partial charge in [-0.05, 0) is 18.6 Å². The van der Waals surface area contributed by atoms with Crippen LogP contribution in [-0.4, -0.2) is 4.92 Å². The van der Waals surface area contributed by atoms with Crippen LogP contribution in [-0.2, 0) is 0 Å². The SMILES string of the molecule is Cc1c(C=C=C(Cl)Cl)cccc1[N+](=O)[O-]. The first-order valence-electron chi connectivity index (χ1n) is 4.04. The Morgan fingerprint density at radius 1 is 1.53 bits per heavy atom. The fraction of sp³-hybridized carbons (Fsp3) is 0.100. The smallest absolute Gasteiger partial charge is 0.258 e. The van der Waals surface area contributed by atoms with Crippen LogP contribution in [0.1, 0.15) is 11.1 Å². The van der Waals surface area contributed by atoms with Gasteiger partial charge in [0.2, 0.25) is 0 Å². The Bertz CT molecular complexity index is 458. The van der Waals surface area contributed by atoms with Gasteiger partial charge in [0.05, 0.1) is 4.92 Å². The van der Waals surface area contributed by atoms with E-state index in [4.69, 9.17) is 23.2 Å². The lowest BCUT2D eigenvalue weighted by molar-refractivity contribution is -0.385. The summed E-state index contributed by atoms with van der Waals surface area (Å²) in [6.07, 6.45) is 1.51.